The largest absolute Gasteiger partial charge is 0.395 e. The average molecular weight is 224 g/mol. The van der Waals surface area contributed by atoms with E-state index in [9.17, 15) is 10.1 Å². The van der Waals surface area contributed by atoms with Crippen LogP contribution in [-0.2, 0) is 6.54 Å². The summed E-state index contributed by atoms with van der Waals surface area (Å²) in [6.45, 7) is 4.13. The highest BCUT2D eigenvalue weighted by Crippen LogP contribution is 2.19. The van der Waals surface area contributed by atoms with E-state index in [0.717, 1.165) is 5.56 Å². The van der Waals surface area contributed by atoms with E-state index >= 15 is 0 Å². The lowest BCUT2D eigenvalue weighted by molar-refractivity contribution is -0.385. The third-order valence-corrected chi connectivity index (χ3v) is 2.40. The van der Waals surface area contributed by atoms with Gasteiger partial charge in [0.15, 0.2) is 0 Å². The number of nitrogens with zero attached hydrogens (tertiary/aromatic N) is 1. The first kappa shape index (κ1) is 12.6. The molecule has 2 N–H and O–H groups in total. The Hall–Kier alpha value is -1.46. The highest BCUT2D eigenvalue weighted by molar-refractivity contribution is 5.42. The molecule has 0 aliphatic heterocycles. The van der Waals surface area contributed by atoms with Crippen LogP contribution in [-0.4, -0.2) is 22.7 Å². The standard InChI is InChI=1S/C11H16N2O3/c1-8-3-4-10(5-11(8)13(15)16)6-12-9(2)7-14/h3-5,9,12,14H,6-7H2,1-2H3. The fraction of sp³-hybridized carbons (Fsp3) is 0.455. The zero-order valence-electron chi connectivity index (χ0n) is 9.43. The van der Waals surface area contributed by atoms with Crippen LogP contribution < -0.4 is 5.32 Å². The molecule has 1 unspecified atom stereocenters. The van der Waals surface area contributed by atoms with Gasteiger partial charge in [0, 0.05) is 24.2 Å². The Morgan fingerprint density at radius 2 is 2.25 bits per heavy atom. The van der Waals surface area contributed by atoms with Crippen LogP contribution >= 0.6 is 0 Å². The smallest absolute Gasteiger partial charge is 0.272 e. The van der Waals surface area contributed by atoms with Crippen molar-refractivity contribution in [1.82, 2.24) is 5.32 Å². The first-order chi connectivity index (χ1) is 7.54. The number of nitro benzene ring substituents is 1. The molecule has 0 amide bonds. The van der Waals surface area contributed by atoms with Crippen molar-refractivity contribution in [2.75, 3.05) is 6.61 Å². The molecule has 1 rings (SSSR count). The SMILES string of the molecule is Cc1ccc(CNC(C)CO)cc1[N+](=O)[O-]. The summed E-state index contributed by atoms with van der Waals surface area (Å²) in [5, 5.41) is 22.6. The molecule has 0 fully saturated rings. The van der Waals surface area contributed by atoms with E-state index in [-0.39, 0.29) is 23.3 Å². The third kappa shape index (κ3) is 3.29. The lowest BCUT2D eigenvalue weighted by Crippen LogP contribution is -2.28. The Morgan fingerprint density at radius 3 is 2.81 bits per heavy atom. The minimum atomic E-state index is -0.381. The first-order valence-corrected chi connectivity index (χ1v) is 5.12. The topological polar surface area (TPSA) is 75.4 Å². The second-order valence-electron chi connectivity index (χ2n) is 3.84. The van der Waals surface area contributed by atoms with E-state index in [1.807, 2.05) is 13.0 Å². The number of nitro groups is 1. The molecular formula is C11H16N2O3. The van der Waals surface area contributed by atoms with E-state index in [2.05, 4.69) is 5.32 Å². The molecule has 0 saturated carbocycles. The minimum absolute atomic E-state index is 0.0136. The van der Waals surface area contributed by atoms with E-state index in [0.29, 0.717) is 12.1 Å². The predicted molar refractivity (Wildman–Crippen MR) is 61.2 cm³/mol. The van der Waals surface area contributed by atoms with Gasteiger partial charge in [-0.1, -0.05) is 12.1 Å². The number of nitrogens with one attached hydrogen (secondary N) is 1. The van der Waals surface area contributed by atoms with Gasteiger partial charge >= 0.3 is 0 Å². The van der Waals surface area contributed by atoms with E-state index < -0.39 is 0 Å². The molecule has 0 aliphatic rings. The fourth-order valence-electron chi connectivity index (χ4n) is 1.32. The second-order valence-corrected chi connectivity index (χ2v) is 3.84. The first-order valence-electron chi connectivity index (χ1n) is 5.12. The monoisotopic (exact) mass is 224 g/mol. The molecule has 1 atom stereocenters. The maximum absolute atomic E-state index is 10.7. The molecule has 0 heterocycles. The van der Waals surface area contributed by atoms with Crippen LogP contribution in [0.4, 0.5) is 5.69 Å². The summed E-state index contributed by atoms with van der Waals surface area (Å²) in [5.74, 6) is 0. The molecule has 0 bridgehead atoms. The number of aliphatic hydroxyl groups is 1. The summed E-state index contributed by atoms with van der Waals surface area (Å²) in [4.78, 5) is 10.3. The zero-order valence-corrected chi connectivity index (χ0v) is 9.43. The molecular weight excluding hydrogens is 208 g/mol. The van der Waals surface area contributed by atoms with Gasteiger partial charge in [0.25, 0.3) is 5.69 Å². The van der Waals surface area contributed by atoms with Crippen LogP contribution in [0, 0.1) is 17.0 Å². The molecule has 1 aromatic rings. The van der Waals surface area contributed by atoms with Gasteiger partial charge in [-0.15, -0.1) is 0 Å². The molecule has 0 spiro atoms. The molecule has 0 aromatic heterocycles. The van der Waals surface area contributed by atoms with Crippen molar-refractivity contribution in [2.24, 2.45) is 0 Å². The summed E-state index contributed by atoms with van der Waals surface area (Å²) in [6.07, 6.45) is 0. The van der Waals surface area contributed by atoms with Crippen LogP contribution in [0.25, 0.3) is 0 Å². The van der Waals surface area contributed by atoms with Crippen LogP contribution in [0.1, 0.15) is 18.1 Å². The van der Waals surface area contributed by atoms with Crippen LogP contribution in [0.15, 0.2) is 18.2 Å². The van der Waals surface area contributed by atoms with Gasteiger partial charge in [-0.25, -0.2) is 0 Å². The summed E-state index contributed by atoms with van der Waals surface area (Å²) >= 11 is 0. The molecule has 88 valence electrons. The molecule has 0 aliphatic carbocycles. The number of hydrogen-bond acceptors (Lipinski definition) is 4. The minimum Gasteiger partial charge on any atom is -0.395 e. The number of aryl methyl sites for hydroxylation is 1. The second kappa shape index (κ2) is 5.58. The summed E-state index contributed by atoms with van der Waals surface area (Å²) in [6, 6.07) is 5.13. The van der Waals surface area contributed by atoms with Gasteiger partial charge in [0.2, 0.25) is 0 Å². The molecule has 0 saturated heterocycles. The predicted octanol–water partition coefficient (Wildman–Crippen LogP) is 1.37. The summed E-state index contributed by atoms with van der Waals surface area (Å²) in [5.41, 5.74) is 1.64. The quantitative estimate of drug-likeness (QED) is 0.585. The molecule has 1 aromatic carbocycles. The Balaban J connectivity index is 2.75. The van der Waals surface area contributed by atoms with Gasteiger partial charge in [0.05, 0.1) is 11.5 Å². The Morgan fingerprint density at radius 1 is 1.56 bits per heavy atom. The lowest BCUT2D eigenvalue weighted by Gasteiger charge is -2.10. The van der Waals surface area contributed by atoms with Crippen molar-refractivity contribution >= 4 is 5.69 Å². The van der Waals surface area contributed by atoms with Gasteiger partial charge in [-0.3, -0.25) is 10.1 Å². The fourth-order valence-corrected chi connectivity index (χ4v) is 1.32. The van der Waals surface area contributed by atoms with Gasteiger partial charge < -0.3 is 10.4 Å². The number of rotatable bonds is 5. The van der Waals surface area contributed by atoms with Crippen LogP contribution in [0.2, 0.25) is 0 Å². The van der Waals surface area contributed by atoms with Gasteiger partial charge in [0.1, 0.15) is 0 Å². The highest BCUT2D eigenvalue weighted by Gasteiger charge is 2.10. The Labute approximate surface area is 94.3 Å². The third-order valence-electron chi connectivity index (χ3n) is 2.40. The van der Waals surface area contributed by atoms with Gasteiger partial charge in [-0.2, -0.15) is 0 Å². The molecule has 5 nitrogen and oxygen atoms in total. The van der Waals surface area contributed by atoms with Crippen molar-refractivity contribution in [3.8, 4) is 0 Å². The van der Waals surface area contributed by atoms with E-state index in [1.54, 1.807) is 19.1 Å². The number of hydrogen-bond donors (Lipinski definition) is 2. The number of aliphatic hydroxyl groups excluding tert-OH is 1. The Bertz CT molecular complexity index is 379. The zero-order chi connectivity index (χ0) is 12.1. The van der Waals surface area contributed by atoms with Crippen molar-refractivity contribution in [3.05, 3.63) is 39.4 Å². The lowest BCUT2D eigenvalue weighted by atomic mass is 10.1. The molecule has 5 heteroatoms. The molecule has 16 heavy (non-hydrogen) atoms. The van der Waals surface area contributed by atoms with Crippen LogP contribution in [0.3, 0.4) is 0 Å². The van der Waals surface area contributed by atoms with Crippen molar-refractivity contribution < 1.29 is 10.0 Å². The van der Waals surface area contributed by atoms with Crippen molar-refractivity contribution in [3.63, 3.8) is 0 Å². The summed E-state index contributed by atoms with van der Waals surface area (Å²) in [7, 11) is 0. The van der Waals surface area contributed by atoms with E-state index in [4.69, 9.17) is 5.11 Å². The highest BCUT2D eigenvalue weighted by atomic mass is 16.6. The molecule has 0 radical (unpaired) electrons. The average Bonchev–Trinajstić information content (AvgIpc) is 2.27. The number of benzene rings is 1. The van der Waals surface area contributed by atoms with Gasteiger partial charge in [-0.05, 0) is 19.4 Å². The van der Waals surface area contributed by atoms with Crippen molar-refractivity contribution in [2.45, 2.75) is 26.4 Å². The maximum atomic E-state index is 10.7. The Kier molecular flexibility index (Phi) is 4.39. The van der Waals surface area contributed by atoms with Crippen molar-refractivity contribution in [1.29, 1.82) is 0 Å². The maximum Gasteiger partial charge on any atom is 0.272 e. The normalized spacial score (nSPS) is 12.4. The van der Waals surface area contributed by atoms with E-state index in [1.165, 1.54) is 0 Å². The summed E-state index contributed by atoms with van der Waals surface area (Å²) < 4.78 is 0. The van der Waals surface area contributed by atoms with Crippen LogP contribution in [0.5, 0.6) is 0 Å².